The Balaban J connectivity index is 3.44. The van der Waals surface area contributed by atoms with Crippen LogP contribution < -0.4 is 0 Å². The molecule has 0 radical (unpaired) electrons. The van der Waals surface area contributed by atoms with Gasteiger partial charge in [0.2, 0.25) is 0 Å². The lowest BCUT2D eigenvalue weighted by Crippen LogP contribution is -2.26. The maximum atomic E-state index is 10.7. The van der Waals surface area contributed by atoms with Crippen LogP contribution >= 0.6 is 0 Å². The lowest BCUT2D eigenvalue weighted by Gasteiger charge is -2.10. The van der Waals surface area contributed by atoms with Crippen molar-refractivity contribution >= 4 is 5.78 Å². The Bertz CT molecular complexity index is 112. The summed E-state index contributed by atoms with van der Waals surface area (Å²) in [6.07, 6.45) is 1.36. The highest BCUT2D eigenvalue weighted by molar-refractivity contribution is 5.80. The van der Waals surface area contributed by atoms with Crippen molar-refractivity contribution in [3.8, 4) is 0 Å². The van der Waals surface area contributed by atoms with Gasteiger partial charge in [0.05, 0.1) is 6.61 Å². The van der Waals surface area contributed by atoms with Gasteiger partial charge in [-0.05, 0) is 13.3 Å². The molecule has 0 rings (SSSR count). The van der Waals surface area contributed by atoms with E-state index in [-0.39, 0.29) is 12.4 Å². The number of aliphatic hydroxyl groups excluding tert-OH is 1. The van der Waals surface area contributed by atoms with E-state index in [0.717, 1.165) is 12.8 Å². The normalized spacial score (nSPS) is 13.0. The van der Waals surface area contributed by atoms with Crippen LogP contribution in [-0.2, 0) is 9.53 Å². The van der Waals surface area contributed by atoms with Crippen LogP contribution in [0.1, 0.15) is 26.7 Å². The molecule has 1 N–H and O–H groups in total. The predicted molar refractivity (Wildman–Crippen MR) is 42.4 cm³/mol. The molecule has 3 nitrogen and oxygen atoms in total. The van der Waals surface area contributed by atoms with E-state index in [4.69, 9.17) is 9.84 Å². The molecule has 3 heteroatoms. The molecule has 0 aliphatic carbocycles. The quantitative estimate of drug-likeness (QED) is 0.583. The van der Waals surface area contributed by atoms with Gasteiger partial charge in [0.25, 0.3) is 0 Å². The van der Waals surface area contributed by atoms with Crippen molar-refractivity contribution in [2.24, 2.45) is 0 Å². The Kier molecular flexibility index (Phi) is 6.07. The zero-order valence-corrected chi connectivity index (χ0v) is 7.17. The van der Waals surface area contributed by atoms with Crippen molar-refractivity contribution in [3.63, 3.8) is 0 Å². The van der Waals surface area contributed by atoms with Crippen LogP contribution in [0, 0.1) is 0 Å². The fraction of sp³-hybridized carbons (Fsp3) is 0.875. The van der Waals surface area contributed by atoms with Crippen molar-refractivity contribution in [2.75, 3.05) is 13.2 Å². The summed E-state index contributed by atoms with van der Waals surface area (Å²) >= 11 is 0. The molecule has 0 aromatic heterocycles. The predicted octanol–water partition coefficient (Wildman–Crippen LogP) is 0.753. The zero-order chi connectivity index (χ0) is 8.69. The molecular weight excluding hydrogens is 144 g/mol. The maximum absolute atomic E-state index is 10.7. The molecule has 0 aliphatic rings. The van der Waals surface area contributed by atoms with Crippen LogP contribution in [0.4, 0.5) is 0 Å². The largest absolute Gasteiger partial charge is 0.393 e. The molecule has 0 fully saturated rings. The van der Waals surface area contributed by atoms with E-state index in [9.17, 15) is 4.79 Å². The second-order valence-corrected chi connectivity index (χ2v) is 2.51. The number of ketones is 1. The summed E-state index contributed by atoms with van der Waals surface area (Å²) < 4.78 is 5.09. The number of rotatable bonds is 6. The molecule has 0 spiro atoms. The van der Waals surface area contributed by atoms with E-state index in [1.54, 1.807) is 0 Å². The molecule has 1 atom stereocenters. The van der Waals surface area contributed by atoms with Gasteiger partial charge in [-0.3, -0.25) is 4.79 Å². The van der Waals surface area contributed by atoms with Gasteiger partial charge in [-0.15, -0.1) is 0 Å². The Labute approximate surface area is 67.4 Å². The van der Waals surface area contributed by atoms with Crippen LogP contribution in [0.5, 0.6) is 0 Å². The van der Waals surface area contributed by atoms with E-state index in [1.807, 2.05) is 6.92 Å². The SMILES string of the molecule is CCCCOC(CO)C(C)=O. The third kappa shape index (κ3) is 4.93. The van der Waals surface area contributed by atoms with Gasteiger partial charge in [-0.2, -0.15) is 0 Å². The topological polar surface area (TPSA) is 46.5 Å². The Morgan fingerprint density at radius 3 is 2.64 bits per heavy atom. The molecule has 66 valence electrons. The minimum absolute atomic E-state index is 0.108. The first-order chi connectivity index (χ1) is 5.22. The smallest absolute Gasteiger partial charge is 0.160 e. The van der Waals surface area contributed by atoms with Crippen molar-refractivity contribution in [3.05, 3.63) is 0 Å². The molecule has 0 bridgehead atoms. The minimum atomic E-state index is -0.610. The number of unbranched alkanes of at least 4 members (excludes halogenated alkanes) is 1. The highest BCUT2D eigenvalue weighted by Gasteiger charge is 2.11. The first-order valence-electron chi connectivity index (χ1n) is 3.95. The number of carbonyl (C=O) groups is 1. The second kappa shape index (κ2) is 6.31. The van der Waals surface area contributed by atoms with E-state index >= 15 is 0 Å². The summed E-state index contributed by atoms with van der Waals surface area (Å²) in [6, 6.07) is 0. The van der Waals surface area contributed by atoms with Gasteiger partial charge in [0.1, 0.15) is 6.10 Å². The molecule has 0 saturated carbocycles. The molecule has 0 aromatic carbocycles. The highest BCUT2D eigenvalue weighted by Crippen LogP contribution is 1.95. The third-order valence-corrected chi connectivity index (χ3v) is 1.44. The highest BCUT2D eigenvalue weighted by atomic mass is 16.5. The third-order valence-electron chi connectivity index (χ3n) is 1.44. The van der Waals surface area contributed by atoms with Crippen LogP contribution in [0.3, 0.4) is 0 Å². The van der Waals surface area contributed by atoms with E-state index < -0.39 is 6.10 Å². The number of hydrogen-bond donors (Lipinski definition) is 1. The zero-order valence-electron chi connectivity index (χ0n) is 7.17. The van der Waals surface area contributed by atoms with Crippen LogP contribution in [0.25, 0.3) is 0 Å². The van der Waals surface area contributed by atoms with Crippen molar-refractivity contribution in [2.45, 2.75) is 32.8 Å². The lowest BCUT2D eigenvalue weighted by molar-refractivity contribution is -0.130. The van der Waals surface area contributed by atoms with Gasteiger partial charge < -0.3 is 9.84 Å². The molecular formula is C8H16O3. The van der Waals surface area contributed by atoms with Crippen molar-refractivity contribution < 1.29 is 14.6 Å². The Hall–Kier alpha value is -0.410. The number of aliphatic hydroxyl groups is 1. The summed E-state index contributed by atoms with van der Waals surface area (Å²) in [5.74, 6) is -0.108. The molecule has 0 aromatic rings. The molecule has 0 aliphatic heterocycles. The summed E-state index contributed by atoms with van der Waals surface area (Å²) in [4.78, 5) is 10.7. The van der Waals surface area contributed by atoms with Crippen LogP contribution in [0.2, 0.25) is 0 Å². The fourth-order valence-corrected chi connectivity index (χ4v) is 0.669. The Morgan fingerprint density at radius 1 is 1.64 bits per heavy atom. The van der Waals surface area contributed by atoms with E-state index in [0.29, 0.717) is 6.61 Å². The second-order valence-electron chi connectivity index (χ2n) is 2.51. The molecule has 0 saturated heterocycles. The average molecular weight is 160 g/mol. The van der Waals surface area contributed by atoms with Crippen LogP contribution in [-0.4, -0.2) is 30.2 Å². The standard InChI is InChI=1S/C8H16O3/c1-3-4-5-11-8(6-9)7(2)10/h8-9H,3-6H2,1-2H3. The van der Waals surface area contributed by atoms with Gasteiger partial charge >= 0.3 is 0 Å². The first-order valence-corrected chi connectivity index (χ1v) is 3.95. The van der Waals surface area contributed by atoms with Crippen molar-refractivity contribution in [1.82, 2.24) is 0 Å². The van der Waals surface area contributed by atoms with Crippen molar-refractivity contribution in [1.29, 1.82) is 0 Å². The number of ether oxygens (including phenoxy) is 1. The molecule has 1 unspecified atom stereocenters. The summed E-state index contributed by atoms with van der Waals surface area (Å²) in [7, 11) is 0. The molecule has 0 heterocycles. The number of hydrogen-bond acceptors (Lipinski definition) is 3. The lowest BCUT2D eigenvalue weighted by atomic mass is 10.2. The van der Waals surface area contributed by atoms with Gasteiger partial charge in [-0.25, -0.2) is 0 Å². The first kappa shape index (κ1) is 10.6. The van der Waals surface area contributed by atoms with Crippen LogP contribution in [0.15, 0.2) is 0 Å². The maximum Gasteiger partial charge on any atom is 0.160 e. The summed E-state index contributed by atoms with van der Waals surface area (Å²) in [5.41, 5.74) is 0. The number of Topliss-reactive ketones (excluding diaryl/α,β-unsaturated/α-hetero) is 1. The molecule has 11 heavy (non-hydrogen) atoms. The van der Waals surface area contributed by atoms with E-state index in [1.165, 1.54) is 6.92 Å². The van der Waals surface area contributed by atoms with Gasteiger partial charge in [-0.1, -0.05) is 13.3 Å². The fourth-order valence-electron chi connectivity index (χ4n) is 0.669. The monoisotopic (exact) mass is 160 g/mol. The summed E-state index contributed by atoms with van der Waals surface area (Å²) in [6.45, 7) is 3.82. The number of carbonyl (C=O) groups excluding carboxylic acids is 1. The van der Waals surface area contributed by atoms with E-state index in [2.05, 4.69) is 0 Å². The average Bonchev–Trinajstić information content (AvgIpc) is 1.97. The minimum Gasteiger partial charge on any atom is -0.393 e. The molecule has 0 amide bonds. The van der Waals surface area contributed by atoms with Gasteiger partial charge in [0, 0.05) is 6.61 Å². The summed E-state index contributed by atoms with van der Waals surface area (Å²) in [5, 5.41) is 8.65. The Morgan fingerprint density at radius 2 is 2.27 bits per heavy atom. The van der Waals surface area contributed by atoms with Gasteiger partial charge in [0.15, 0.2) is 5.78 Å².